The van der Waals surface area contributed by atoms with Crippen LogP contribution < -0.4 is 14.8 Å². The Morgan fingerprint density at radius 3 is 2.79 bits per heavy atom. The summed E-state index contributed by atoms with van der Waals surface area (Å²) in [6.07, 6.45) is 0.957. The first-order valence-corrected chi connectivity index (χ1v) is 7.88. The summed E-state index contributed by atoms with van der Waals surface area (Å²) >= 11 is 0. The molecule has 1 unspecified atom stereocenters. The van der Waals surface area contributed by atoms with E-state index in [1.807, 2.05) is 32.0 Å². The van der Waals surface area contributed by atoms with Crippen molar-refractivity contribution in [1.82, 2.24) is 0 Å². The maximum Gasteiger partial charge on any atom is 0.255 e. The van der Waals surface area contributed by atoms with Gasteiger partial charge in [0.15, 0.2) is 0 Å². The Labute approximate surface area is 140 Å². The molecule has 0 saturated carbocycles. The number of nitrogens with zero attached hydrogens (tertiary/aromatic N) is 1. The Morgan fingerprint density at radius 1 is 1.38 bits per heavy atom. The number of carbonyl (C=O) groups excluding carboxylic acids is 1. The molecule has 1 aliphatic heterocycles. The maximum absolute atomic E-state index is 12.4. The van der Waals surface area contributed by atoms with Crippen LogP contribution in [0.25, 0.3) is 0 Å². The van der Waals surface area contributed by atoms with Crippen molar-refractivity contribution in [2.45, 2.75) is 26.4 Å². The second kappa shape index (κ2) is 6.63. The zero-order valence-electron chi connectivity index (χ0n) is 13.6. The molecule has 0 spiro atoms. The van der Waals surface area contributed by atoms with Gasteiger partial charge in [0.2, 0.25) is 0 Å². The van der Waals surface area contributed by atoms with Crippen LogP contribution in [0.2, 0.25) is 0 Å². The van der Waals surface area contributed by atoms with Crippen LogP contribution >= 0.6 is 0 Å². The molecule has 0 fully saturated rings. The average molecular weight is 322 g/mol. The molecule has 3 rings (SSSR count). The predicted octanol–water partition coefficient (Wildman–Crippen LogP) is 3.53. The molecule has 1 aliphatic rings. The molecule has 5 heteroatoms. The molecular formula is C19H18N2O3. The van der Waals surface area contributed by atoms with E-state index in [0.717, 1.165) is 17.7 Å². The molecule has 1 N–H and O–H groups in total. The molecule has 122 valence electrons. The Kier molecular flexibility index (Phi) is 4.39. The number of carbonyl (C=O) groups is 1. The van der Waals surface area contributed by atoms with E-state index in [0.29, 0.717) is 29.2 Å². The molecular weight excluding hydrogens is 304 g/mol. The van der Waals surface area contributed by atoms with Crippen LogP contribution in [0.5, 0.6) is 11.5 Å². The van der Waals surface area contributed by atoms with Crippen molar-refractivity contribution >= 4 is 11.6 Å². The summed E-state index contributed by atoms with van der Waals surface area (Å²) in [6.45, 7) is 4.42. The lowest BCUT2D eigenvalue weighted by atomic mass is 10.1. The molecule has 0 radical (unpaired) electrons. The third-order valence-corrected chi connectivity index (χ3v) is 3.82. The number of ether oxygens (including phenoxy) is 2. The SMILES string of the molecule is CCOc1cc2c(cc1NC(=O)c1ccc(C#N)cc1)OC(C)C2. The first kappa shape index (κ1) is 15.9. The molecule has 0 aromatic heterocycles. The van der Waals surface area contributed by atoms with Crippen molar-refractivity contribution < 1.29 is 14.3 Å². The van der Waals surface area contributed by atoms with Gasteiger partial charge in [0, 0.05) is 23.6 Å². The van der Waals surface area contributed by atoms with Crippen LogP contribution in [0.3, 0.4) is 0 Å². The van der Waals surface area contributed by atoms with Crippen LogP contribution in [-0.4, -0.2) is 18.6 Å². The van der Waals surface area contributed by atoms with Crippen LogP contribution in [0, 0.1) is 11.3 Å². The van der Waals surface area contributed by atoms with Gasteiger partial charge in [0.05, 0.1) is 23.9 Å². The zero-order valence-corrected chi connectivity index (χ0v) is 13.6. The van der Waals surface area contributed by atoms with E-state index in [-0.39, 0.29) is 12.0 Å². The molecule has 5 nitrogen and oxygen atoms in total. The summed E-state index contributed by atoms with van der Waals surface area (Å²) in [7, 11) is 0. The normalized spacial score (nSPS) is 15.1. The molecule has 1 atom stereocenters. The highest BCUT2D eigenvalue weighted by molar-refractivity contribution is 6.05. The fourth-order valence-corrected chi connectivity index (χ4v) is 2.70. The first-order chi connectivity index (χ1) is 11.6. The highest BCUT2D eigenvalue weighted by Gasteiger charge is 2.22. The number of amides is 1. The Hall–Kier alpha value is -3.00. The highest BCUT2D eigenvalue weighted by Crippen LogP contribution is 2.38. The third kappa shape index (κ3) is 3.18. The lowest BCUT2D eigenvalue weighted by Crippen LogP contribution is -2.13. The molecule has 0 bridgehead atoms. The fraction of sp³-hybridized carbons (Fsp3) is 0.263. The van der Waals surface area contributed by atoms with Crippen molar-refractivity contribution in [2.75, 3.05) is 11.9 Å². The standard InChI is InChI=1S/C19H18N2O3/c1-3-23-18-9-15-8-12(2)24-17(15)10-16(18)21-19(22)14-6-4-13(11-20)5-7-14/h4-7,9-10,12H,3,8H2,1-2H3,(H,21,22). The van der Waals surface area contributed by atoms with Gasteiger partial charge < -0.3 is 14.8 Å². The fourth-order valence-electron chi connectivity index (χ4n) is 2.70. The van der Waals surface area contributed by atoms with Crippen LogP contribution in [0.1, 0.15) is 35.3 Å². The third-order valence-electron chi connectivity index (χ3n) is 3.82. The molecule has 0 saturated heterocycles. The largest absolute Gasteiger partial charge is 0.492 e. The van der Waals surface area contributed by atoms with Crippen LogP contribution in [0.4, 0.5) is 5.69 Å². The number of fused-ring (bicyclic) bond motifs is 1. The summed E-state index contributed by atoms with van der Waals surface area (Å²) in [5.41, 5.74) is 2.66. The molecule has 1 amide bonds. The van der Waals surface area contributed by atoms with E-state index in [4.69, 9.17) is 14.7 Å². The van der Waals surface area contributed by atoms with Crippen molar-refractivity contribution in [3.05, 3.63) is 53.1 Å². The Balaban J connectivity index is 1.86. The van der Waals surface area contributed by atoms with Gasteiger partial charge in [-0.1, -0.05) is 0 Å². The van der Waals surface area contributed by atoms with Gasteiger partial charge in [0.25, 0.3) is 5.91 Å². The number of nitriles is 1. The highest BCUT2D eigenvalue weighted by atomic mass is 16.5. The Bertz CT molecular complexity index is 807. The van der Waals surface area contributed by atoms with Crippen molar-refractivity contribution in [3.63, 3.8) is 0 Å². The van der Waals surface area contributed by atoms with Crippen molar-refractivity contribution in [1.29, 1.82) is 5.26 Å². The van der Waals surface area contributed by atoms with E-state index in [1.54, 1.807) is 24.3 Å². The summed E-state index contributed by atoms with van der Waals surface area (Å²) < 4.78 is 11.4. The number of rotatable bonds is 4. The number of anilines is 1. The second-order valence-corrected chi connectivity index (χ2v) is 5.66. The predicted molar refractivity (Wildman–Crippen MR) is 90.5 cm³/mol. The van der Waals surface area contributed by atoms with Gasteiger partial charge in [-0.05, 0) is 44.2 Å². The monoisotopic (exact) mass is 322 g/mol. The maximum atomic E-state index is 12.4. The van der Waals surface area contributed by atoms with E-state index < -0.39 is 0 Å². The Morgan fingerprint density at radius 2 is 2.12 bits per heavy atom. The lowest BCUT2D eigenvalue weighted by Gasteiger charge is -2.13. The van der Waals surface area contributed by atoms with Gasteiger partial charge in [0.1, 0.15) is 17.6 Å². The van der Waals surface area contributed by atoms with Gasteiger partial charge in [-0.3, -0.25) is 4.79 Å². The minimum Gasteiger partial charge on any atom is -0.492 e. The number of nitrogens with one attached hydrogen (secondary N) is 1. The van der Waals surface area contributed by atoms with Gasteiger partial charge >= 0.3 is 0 Å². The molecule has 1 heterocycles. The van der Waals surface area contributed by atoms with Crippen molar-refractivity contribution in [3.8, 4) is 17.6 Å². The van der Waals surface area contributed by atoms with Crippen LogP contribution in [-0.2, 0) is 6.42 Å². The van der Waals surface area contributed by atoms with Crippen LogP contribution in [0.15, 0.2) is 36.4 Å². The molecule has 2 aromatic carbocycles. The zero-order chi connectivity index (χ0) is 17.1. The molecule has 24 heavy (non-hydrogen) atoms. The summed E-state index contributed by atoms with van der Waals surface area (Å²) in [6, 6.07) is 12.3. The summed E-state index contributed by atoms with van der Waals surface area (Å²) in [5, 5.41) is 11.7. The van der Waals surface area contributed by atoms with Crippen molar-refractivity contribution in [2.24, 2.45) is 0 Å². The number of hydrogen-bond donors (Lipinski definition) is 1. The first-order valence-electron chi connectivity index (χ1n) is 7.88. The van der Waals surface area contributed by atoms with E-state index in [2.05, 4.69) is 5.32 Å². The topological polar surface area (TPSA) is 71.3 Å². The summed E-state index contributed by atoms with van der Waals surface area (Å²) in [4.78, 5) is 12.4. The van der Waals surface area contributed by atoms with Gasteiger partial charge in [-0.2, -0.15) is 5.26 Å². The quantitative estimate of drug-likeness (QED) is 0.934. The minimum atomic E-state index is -0.258. The molecule has 2 aromatic rings. The summed E-state index contributed by atoms with van der Waals surface area (Å²) in [5.74, 6) is 1.16. The van der Waals surface area contributed by atoms with E-state index in [1.165, 1.54) is 0 Å². The number of hydrogen-bond acceptors (Lipinski definition) is 4. The van der Waals surface area contributed by atoms with E-state index >= 15 is 0 Å². The van der Waals surface area contributed by atoms with E-state index in [9.17, 15) is 4.79 Å². The number of benzene rings is 2. The molecule has 0 aliphatic carbocycles. The lowest BCUT2D eigenvalue weighted by molar-refractivity contribution is 0.102. The van der Waals surface area contributed by atoms with Gasteiger partial charge in [-0.15, -0.1) is 0 Å². The smallest absolute Gasteiger partial charge is 0.255 e. The minimum absolute atomic E-state index is 0.124. The second-order valence-electron chi connectivity index (χ2n) is 5.66. The van der Waals surface area contributed by atoms with Gasteiger partial charge in [-0.25, -0.2) is 0 Å². The average Bonchev–Trinajstić information content (AvgIpc) is 2.94.